The predicted molar refractivity (Wildman–Crippen MR) is 139 cm³/mol. The summed E-state index contributed by atoms with van der Waals surface area (Å²) in [5.41, 5.74) is -0.124. The molecule has 0 saturated carbocycles. The molecule has 4 aromatic rings. The molecule has 3 aromatic carbocycles. The summed E-state index contributed by atoms with van der Waals surface area (Å²) in [5, 5.41) is 7.84. The molecule has 39 heavy (non-hydrogen) atoms. The van der Waals surface area contributed by atoms with E-state index in [9.17, 15) is 26.3 Å². The van der Waals surface area contributed by atoms with Gasteiger partial charge in [0.2, 0.25) is 0 Å². The normalized spacial score (nSPS) is 16.5. The van der Waals surface area contributed by atoms with E-state index >= 15 is 0 Å². The van der Waals surface area contributed by atoms with E-state index in [2.05, 4.69) is 29.2 Å². The SMILES string of the molecule is CC(C)CN1CC[C@H](Nc2ccc(-c3c4cccc(C(F)(F)F)c4nn3Cc3c(F)cc(F)cc3F)cc2)C1. The highest BCUT2D eigenvalue weighted by atomic mass is 19.4. The number of hydrogen-bond acceptors (Lipinski definition) is 3. The first kappa shape index (κ1) is 27.1. The van der Waals surface area contributed by atoms with Gasteiger partial charge in [0.05, 0.1) is 17.8 Å². The van der Waals surface area contributed by atoms with Crippen molar-refractivity contribution in [1.29, 1.82) is 0 Å². The zero-order valence-corrected chi connectivity index (χ0v) is 21.5. The van der Waals surface area contributed by atoms with Crippen LogP contribution in [-0.2, 0) is 12.7 Å². The molecule has 1 N–H and O–H groups in total. The Kier molecular flexibility index (Phi) is 7.33. The van der Waals surface area contributed by atoms with E-state index < -0.39 is 41.3 Å². The number of rotatable bonds is 7. The van der Waals surface area contributed by atoms with Gasteiger partial charge in [-0.3, -0.25) is 4.68 Å². The van der Waals surface area contributed by atoms with Crippen molar-refractivity contribution in [2.24, 2.45) is 5.92 Å². The molecule has 5 rings (SSSR count). The van der Waals surface area contributed by atoms with Crippen LogP contribution in [0, 0.1) is 23.4 Å². The minimum absolute atomic E-state index is 0.189. The summed E-state index contributed by atoms with van der Waals surface area (Å²) in [5.74, 6) is -2.79. The predicted octanol–water partition coefficient (Wildman–Crippen LogP) is 7.33. The van der Waals surface area contributed by atoms with E-state index in [1.807, 2.05) is 12.1 Å². The molecule has 2 heterocycles. The van der Waals surface area contributed by atoms with Crippen molar-refractivity contribution in [1.82, 2.24) is 14.7 Å². The molecule has 0 radical (unpaired) electrons. The second kappa shape index (κ2) is 10.6. The van der Waals surface area contributed by atoms with Crippen LogP contribution >= 0.6 is 0 Å². The number of anilines is 1. The Labute approximate surface area is 222 Å². The van der Waals surface area contributed by atoms with E-state index in [0.29, 0.717) is 23.6 Å². The summed E-state index contributed by atoms with van der Waals surface area (Å²) in [6.07, 6.45) is -3.68. The second-order valence-corrected chi connectivity index (χ2v) is 10.4. The molecule has 4 nitrogen and oxygen atoms in total. The summed E-state index contributed by atoms with van der Waals surface area (Å²) in [4.78, 5) is 2.41. The van der Waals surface area contributed by atoms with Gasteiger partial charge in [0, 0.05) is 60.0 Å². The number of aromatic nitrogens is 2. The quantitative estimate of drug-likeness (QED) is 0.247. The van der Waals surface area contributed by atoms with Crippen LogP contribution in [0.3, 0.4) is 0 Å². The van der Waals surface area contributed by atoms with Gasteiger partial charge in [-0.2, -0.15) is 18.3 Å². The zero-order valence-electron chi connectivity index (χ0n) is 21.5. The lowest BCUT2D eigenvalue weighted by molar-refractivity contribution is -0.136. The number of nitrogens with one attached hydrogen (secondary N) is 1. The molecule has 1 aromatic heterocycles. The number of likely N-dealkylation sites (tertiary alicyclic amines) is 1. The first-order valence-corrected chi connectivity index (χ1v) is 12.8. The fourth-order valence-electron chi connectivity index (χ4n) is 5.27. The van der Waals surface area contributed by atoms with Crippen molar-refractivity contribution in [3.8, 4) is 11.3 Å². The Morgan fingerprint density at radius 1 is 1.00 bits per heavy atom. The van der Waals surface area contributed by atoms with Gasteiger partial charge in [-0.1, -0.05) is 38.1 Å². The molecule has 1 aliphatic rings. The van der Waals surface area contributed by atoms with Crippen LogP contribution in [0.25, 0.3) is 22.2 Å². The Morgan fingerprint density at radius 2 is 1.69 bits per heavy atom. The molecule has 1 atom stereocenters. The van der Waals surface area contributed by atoms with E-state index in [-0.39, 0.29) is 22.6 Å². The van der Waals surface area contributed by atoms with E-state index in [4.69, 9.17) is 0 Å². The molecule has 1 fully saturated rings. The summed E-state index contributed by atoms with van der Waals surface area (Å²) in [6, 6.07) is 12.2. The van der Waals surface area contributed by atoms with Crippen molar-refractivity contribution < 1.29 is 26.3 Å². The molecule has 1 saturated heterocycles. The number of hydrogen-bond donors (Lipinski definition) is 1. The highest BCUT2D eigenvalue weighted by Crippen LogP contribution is 2.38. The van der Waals surface area contributed by atoms with Crippen LogP contribution in [0.2, 0.25) is 0 Å². The van der Waals surface area contributed by atoms with Crippen molar-refractivity contribution in [3.63, 3.8) is 0 Å². The van der Waals surface area contributed by atoms with Crippen LogP contribution in [0.1, 0.15) is 31.4 Å². The number of nitrogens with zero attached hydrogens (tertiary/aromatic N) is 3. The summed E-state index contributed by atoms with van der Waals surface area (Å²) in [7, 11) is 0. The number of halogens is 6. The molecule has 0 amide bonds. The number of alkyl halides is 3. The summed E-state index contributed by atoms with van der Waals surface area (Å²) in [6.45, 7) is 6.81. The molecule has 1 aliphatic heterocycles. The molecular weight excluding hydrogens is 518 g/mol. The van der Waals surface area contributed by atoms with E-state index in [1.165, 1.54) is 12.1 Å². The molecule has 206 valence electrons. The smallest absolute Gasteiger partial charge is 0.381 e. The minimum atomic E-state index is -4.68. The van der Waals surface area contributed by atoms with E-state index in [0.717, 1.165) is 42.5 Å². The van der Waals surface area contributed by atoms with Crippen molar-refractivity contribution in [3.05, 3.63) is 83.2 Å². The maximum Gasteiger partial charge on any atom is 0.418 e. The van der Waals surface area contributed by atoms with Gasteiger partial charge in [-0.25, -0.2) is 13.2 Å². The highest BCUT2D eigenvalue weighted by Gasteiger charge is 2.35. The van der Waals surface area contributed by atoms with Gasteiger partial charge in [-0.15, -0.1) is 0 Å². The third-order valence-electron chi connectivity index (χ3n) is 6.91. The molecule has 0 aliphatic carbocycles. The lowest BCUT2D eigenvalue weighted by Gasteiger charge is -2.19. The van der Waals surface area contributed by atoms with Crippen molar-refractivity contribution in [2.45, 2.75) is 39.0 Å². The molecule has 0 unspecified atom stereocenters. The molecule has 0 bridgehead atoms. The van der Waals surface area contributed by atoms with Crippen LogP contribution in [0.15, 0.2) is 54.6 Å². The van der Waals surface area contributed by atoms with Gasteiger partial charge >= 0.3 is 6.18 Å². The van der Waals surface area contributed by atoms with Crippen LogP contribution in [-0.4, -0.2) is 40.4 Å². The average Bonchev–Trinajstić information content (AvgIpc) is 3.44. The Morgan fingerprint density at radius 3 is 2.33 bits per heavy atom. The largest absolute Gasteiger partial charge is 0.418 e. The third-order valence-corrected chi connectivity index (χ3v) is 6.91. The van der Waals surface area contributed by atoms with Crippen LogP contribution in [0.5, 0.6) is 0 Å². The van der Waals surface area contributed by atoms with Crippen molar-refractivity contribution >= 4 is 16.6 Å². The summed E-state index contributed by atoms with van der Waals surface area (Å²) < 4.78 is 84.9. The molecule has 0 spiro atoms. The van der Waals surface area contributed by atoms with Crippen molar-refractivity contribution in [2.75, 3.05) is 25.0 Å². The lowest BCUT2D eigenvalue weighted by atomic mass is 10.0. The zero-order chi connectivity index (χ0) is 27.9. The first-order chi connectivity index (χ1) is 18.5. The lowest BCUT2D eigenvalue weighted by Crippen LogP contribution is -2.28. The average molecular weight is 547 g/mol. The van der Waals surface area contributed by atoms with E-state index in [1.54, 1.807) is 12.1 Å². The Hall–Kier alpha value is -3.53. The molecular formula is C29H28F6N4. The number of fused-ring (bicyclic) bond motifs is 1. The third kappa shape index (κ3) is 5.75. The van der Waals surface area contributed by atoms with Gasteiger partial charge in [0.25, 0.3) is 0 Å². The monoisotopic (exact) mass is 546 g/mol. The van der Waals surface area contributed by atoms with Gasteiger partial charge < -0.3 is 10.2 Å². The maximum absolute atomic E-state index is 14.5. The van der Waals surface area contributed by atoms with Gasteiger partial charge in [-0.05, 0) is 30.5 Å². The van der Waals surface area contributed by atoms with Crippen LogP contribution in [0.4, 0.5) is 32.0 Å². The fraction of sp³-hybridized carbons (Fsp3) is 0.345. The van der Waals surface area contributed by atoms with Gasteiger partial charge in [0.1, 0.15) is 23.0 Å². The molecule has 10 heteroatoms. The summed E-state index contributed by atoms with van der Waals surface area (Å²) >= 11 is 0. The maximum atomic E-state index is 14.5. The Bertz CT molecular complexity index is 1450. The number of benzene rings is 3. The Balaban J connectivity index is 1.51. The minimum Gasteiger partial charge on any atom is -0.381 e. The standard InChI is InChI=1S/C29H28F6N4/c1-17(2)14-38-11-10-21(15-38)36-20-8-6-18(7-9-20)28-22-4-3-5-24(29(33,34)35)27(22)37-39(28)16-23-25(31)12-19(30)13-26(23)32/h3-9,12-13,17,21,36H,10-11,14-16H2,1-2H3/t21-/m0/s1. The first-order valence-electron chi connectivity index (χ1n) is 12.8. The topological polar surface area (TPSA) is 33.1 Å². The fourth-order valence-corrected chi connectivity index (χ4v) is 5.27. The van der Waals surface area contributed by atoms with Crippen LogP contribution < -0.4 is 5.32 Å². The highest BCUT2D eigenvalue weighted by molar-refractivity contribution is 5.95. The van der Waals surface area contributed by atoms with Gasteiger partial charge in [0.15, 0.2) is 0 Å². The second-order valence-electron chi connectivity index (χ2n) is 10.4.